The number of halogens is 3. The number of carbonyl (C=O) groups is 1. The van der Waals surface area contributed by atoms with Crippen molar-refractivity contribution < 1.29 is 13.2 Å². The molecule has 0 bridgehead atoms. The van der Waals surface area contributed by atoms with Crippen LogP contribution in [0.15, 0.2) is 50.4 Å². The summed E-state index contributed by atoms with van der Waals surface area (Å²) < 4.78 is 23.6. The lowest BCUT2D eigenvalue weighted by atomic mass is 10.3. The molecule has 110 valence electrons. The van der Waals surface area contributed by atoms with Gasteiger partial charge in [-0.25, -0.2) is 13.4 Å². The van der Waals surface area contributed by atoms with Gasteiger partial charge in [0.15, 0.2) is 0 Å². The molecule has 0 radical (unpaired) electrons. The van der Waals surface area contributed by atoms with Gasteiger partial charge in [-0.15, -0.1) is 0 Å². The highest BCUT2D eigenvalue weighted by Gasteiger charge is 2.14. The molecule has 1 aromatic heterocycles. The number of rotatable bonds is 3. The number of hydrogen-bond donors (Lipinski definition) is 1. The predicted molar refractivity (Wildman–Crippen MR) is 87.1 cm³/mol. The third kappa shape index (κ3) is 4.26. The summed E-state index contributed by atoms with van der Waals surface area (Å²) in [5.74, 6) is -0.412. The standard InChI is InChI=1S/C12H7Br2ClN2O3S/c13-7-1-3-11(16-6-7)12(18)17-10-4-2-8(5-9(10)14)21(15,19)20/h1-6H,(H,17,18). The Labute approximate surface area is 142 Å². The first-order valence-corrected chi connectivity index (χ1v) is 9.34. The van der Waals surface area contributed by atoms with Crippen molar-refractivity contribution in [1.82, 2.24) is 4.98 Å². The molecule has 0 spiro atoms. The van der Waals surface area contributed by atoms with E-state index in [-0.39, 0.29) is 10.6 Å². The number of benzene rings is 1. The Bertz CT molecular complexity index is 795. The zero-order valence-electron chi connectivity index (χ0n) is 10.2. The fourth-order valence-corrected chi connectivity index (χ4v) is 3.09. The van der Waals surface area contributed by atoms with Crippen LogP contribution in [0.1, 0.15) is 10.5 Å². The number of amides is 1. The van der Waals surface area contributed by atoms with Crippen molar-refractivity contribution in [2.75, 3.05) is 5.32 Å². The van der Waals surface area contributed by atoms with E-state index in [1.165, 1.54) is 24.4 Å². The first kappa shape index (κ1) is 16.4. The van der Waals surface area contributed by atoms with Gasteiger partial charge in [0.05, 0.1) is 10.6 Å². The SMILES string of the molecule is O=C(Nc1ccc(S(=O)(=O)Cl)cc1Br)c1ccc(Br)cn1. The Hall–Kier alpha value is -0.960. The van der Waals surface area contributed by atoms with Gasteiger partial charge in [0, 0.05) is 25.8 Å². The molecule has 2 aromatic rings. The summed E-state index contributed by atoms with van der Waals surface area (Å²) in [5.41, 5.74) is 0.646. The molecule has 2 rings (SSSR count). The van der Waals surface area contributed by atoms with Gasteiger partial charge < -0.3 is 5.32 Å². The first-order valence-electron chi connectivity index (χ1n) is 5.44. The second-order valence-electron chi connectivity index (χ2n) is 3.90. The molecule has 1 amide bonds. The molecule has 0 saturated heterocycles. The molecule has 0 atom stereocenters. The third-order valence-corrected chi connectivity index (χ3v) is 4.91. The topological polar surface area (TPSA) is 76.1 Å². The van der Waals surface area contributed by atoms with E-state index in [0.717, 1.165) is 4.47 Å². The summed E-state index contributed by atoms with van der Waals surface area (Å²) in [6.45, 7) is 0. The van der Waals surface area contributed by atoms with Crippen molar-refractivity contribution in [3.63, 3.8) is 0 Å². The average Bonchev–Trinajstić information content (AvgIpc) is 2.40. The number of nitrogens with zero attached hydrogens (tertiary/aromatic N) is 1. The van der Waals surface area contributed by atoms with Gasteiger partial charge in [0.25, 0.3) is 15.0 Å². The molecule has 1 heterocycles. The molecule has 0 unspecified atom stereocenters. The van der Waals surface area contributed by atoms with E-state index in [4.69, 9.17) is 10.7 Å². The van der Waals surface area contributed by atoms with E-state index in [9.17, 15) is 13.2 Å². The van der Waals surface area contributed by atoms with Crippen molar-refractivity contribution in [2.24, 2.45) is 0 Å². The van der Waals surface area contributed by atoms with Crippen molar-refractivity contribution in [2.45, 2.75) is 4.90 Å². The third-order valence-electron chi connectivity index (χ3n) is 2.43. The number of nitrogens with one attached hydrogen (secondary N) is 1. The minimum Gasteiger partial charge on any atom is -0.320 e. The molecule has 21 heavy (non-hydrogen) atoms. The molecule has 9 heteroatoms. The quantitative estimate of drug-likeness (QED) is 0.716. The van der Waals surface area contributed by atoms with E-state index in [1.807, 2.05) is 0 Å². The Kier molecular flexibility index (Phi) is 5.03. The molecule has 5 nitrogen and oxygen atoms in total. The summed E-state index contributed by atoms with van der Waals surface area (Å²) in [6, 6.07) is 7.31. The Morgan fingerprint density at radius 2 is 1.90 bits per heavy atom. The van der Waals surface area contributed by atoms with Crippen LogP contribution >= 0.6 is 42.5 Å². The van der Waals surface area contributed by atoms with Crippen LogP contribution < -0.4 is 5.32 Å². The highest BCUT2D eigenvalue weighted by atomic mass is 79.9. The van der Waals surface area contributed by atoms with E-state index in [0.29, 0.717) is 10.2 Å². The van der Waals surface area contributed by atoms with Crippen molar-refractivity contribution in [1.29, 1.82) is 0 Å². The fourth-order valence-electron chi connectivity index (χ4n) is 1.45. The Morgan fingerprint density at radius 1 is 1.19 bits per heavy atom. The first-order chi connectivity index (χ1) is 9.77. The summed E-state index contributed by atoms with van der Waals surface area (Å²) in [6.07, 6.45) is 1.51. The number of aromatic nitrogens is 1. The van der Waals surface area contributed by atoms with Crippen LogP contribution in [0.5, 0.6) is 0 Å². The summed E-state index contributed by atoms with van der Waals surface area (Å²) in [5, 5.41) is 2.62. The van der Waals surface area contributed by atoms with E-state index in [1.54, 1.807) is 12.1 Å². The largest absolute Gasteiger partial charge is 0.320 e. The molecule has 0 fully saturated rings. The molecule has 1 N–H and O–H groups in total. The van der Waals surface area contributed by atoms with Crippen LogP contribution in [-0.2, 0) is 9.05 Å². The van der Waals surface area contributed by atoms with Crippen molar-refractivity contribution in [3.05, 3.63) is 51.2 Å². The van der Waals surface area contributed by atoms with Gasteiger partial charge in [-0.3, -0.25) is 4.79 Å². The number of anilines is 1. The fraction of sp³-hybridized carbons (Fsp3) is 0. The van der Waals surface area contributed by atoms with E-state index in [2.05, 4.69) is 42.2 Å². The highest BCUT2D eigenvalue weighted by molar-refractivity contribution is 9.10. The Morgan fingerprint density at radius 3 is 2.43 bits per heavy atom. The van der Waals surface area contributed by atoms with Gasteiger partial charge in [-0.05, 0) is 62.2 Å². The zero-order chi connectivity index (χ0) is 15.6. The molecule has 0 aliphatic rings. The van der Waals surface area contributed by atoms with Crippen LogP contribution in [-0.4, -0.2) is 19.3 Å². The molecule has 0 aliphatic heterocycles. The van der Waals surface area contributed by atoms with Crippen molar-refractivity contribution >= 4 is 63.2 Å². The maximum absolute atomic E-state index is 12.0. The van der Waals surface area contributed by atoms with E-state index < -0.39 is 15.0 Å². The monoisotopic (exact) mass is 452 g/mol. The normalized spacial score (nSPS) is 11.2. The lowest BCUT2D eigenvalue weighted by Gasteiger charge is -2.08. The van der Waals surface area contributed by atoms with E-state index >= 15 is 0 Å². The molecule has 0 saturated carbocycles. The van der Waals surface area contributed by atoms with Crippen LogP contribution in [0.3, 0.4) is 0 Å². The lowest BCUT2D eigenvalue weighted by Crippen LogP contribution is -2.13. The molecule has 1 aromatic carbocycles. The summed E-state index contributed by atoms with van der Waals surface area (Å²) in [4.78, 5) is 15.9. The smallest absolute Gasteiger partial charge is 0.274 e. The minimum atomic E-state index is -3.82. The van der Waals surface area contributed by atoms with Gasteiger partial charge >= 0.3 is 0 Å². The number of hydrogen-bond acceptors (Lipinski definition) is 4. The van der Waals surface area contributed by atoms with Gasteiger partial charge in [0.1, 0.15) is 5.69 Å². The van der Waals surface area contributed by atoms with Crippen LogP contribution in [0.2, 0.25) is 0 Å². The highest BCUT2D eigenvalue weighted by Crippen LogP contribution is 2.27. The lowest BCUT2D eigenvalue weighted by molar-refractivity contribution is 0.102. The maximum atomic E-state index is 12.0. The molecule has 0 aliphatic carbocycles. The summed E-state index contributed by atoms with van der Waals surface area (Å²) >= 11 is 6.41. The number of pyridine rings is 1. The van der Waals surface area contributed by atoms with Crippen LogP contribution in [0.4, 0.5) is 5.69 Å². The van der Waals surface area contributed by atoms with Gasteiger partial charge in [-0.2, -0.15) is 0 Å². The molecular weight excluding hydrogens is 447 g/mol. The van der Waals surface area contributed by atoms with Crippen molar-refractivity contribution in [3.8, 4) is 0 Å². The van der Waals surface area contributed by atoms with Gasteiger partial charge in [0.2, 0.25) is 0 Å². The van der Waals surface area contributed by atoms with Crippen LogP contribution in [0, 0.1) is 0 Å². The van der Waals surface area contributed by atoms with Gasteiger partial charge in [-0.1, -0.05) is 0 Å². The minimum absolute atomic E-state index is 0.0594. The summed E-state index contributed by atoms with van der Waals surface area (Å²) in [7, 11) is 1.43. The Balaban J connectivity index is 2.24. The second kappa shape index (κ2) is 6.43. The van der Waals surface area contributed by atoms with Crippen LogP contribution in [0.25, 0.3) is 0 Å². The average molecular weight is 455 g/mol. The second-order valence-corrected chi connectivity index (χ2v) is 8.23. The predicted octanol–water partition coefficient (Wildman–Crippen LogP) is 3.79. The maximum Gasteiger partial charge on any atom is 0.274 e. The number of carbonyl (C=O) groups excluding carboxylic acids is 1. The molecular formula is C12H7Br2ClN2O3S. The zero-order valence-corrected chi connectivity index (χ0v) is 14.9.